The lowest BCUT2D eigenvalue weighted by Crippen LogP contribution is -1.97. The van der Waals surface area contributed by atoms with Crippen LogP contribution in [-0.2, 0) is 0 Å². The molecule has 3 nitrogen and oxygen atoms in total. The molecule has 0 atom stereocenters. The SMILES string of the molecule is C/C=C\c1c(C)c2ccccc2n1-c1ccc(-c2ccc3[nH]c4c5c(ccc4c3c2)-c2ccccc2C5=O)cc1. The van der Waals surface area contributed by atoms with Gasteiger partial charge in [0.05, 0.1) is 16.6 Å². The zero-order valence-corrected chi connectivity index (χ0v) is 22.3. The molecule has 7 aromatic rings. The fourth-order valence-corrected chi connectivity index (χ4v) is 6.52. The fourth-order valence-electron chi connectivity index (χ4n) is 6.52. The number of aryl methyl sites for hydroxylation is 1. The largest absolute Gasteiger partial charge is 0.354 e. The maximum atomic E-state index is 13.3. The van der Waals surface area contributed by atoms with Gasteiger partial charge in [-0.15, -0.1) is 0 Å². The predicted molar refractivity (Wildman–Crippen MR) is 166 cm³/mol. The first-order chi connectivity index (χ1) is 19.6. The van der Waals surface area contributed by atoms with E-state index in [2.05, 4.69) is 114 Å². The number of nitrogens with one attached hydrogen (secondary N) is 1. The van der Waals surface area contributed by atoms with E-state index in [9.17, 15) is 4.79 Å². The van der Waals surface area contributed by atoms with Crippen molar-refractivity contribution in [1.29, 1.82) is 0 Å². The second kappa shape index (κ2) is 8.42. The van der Waals surface area contributed by atoms with Gasteiger partial charge in [-0.1, -0.05) is 78.9 Å². The van der Waals surface area contributed by atoms with E-state index in [0.29, 0.717) is 0 Å². The maximum Gasteiger partial charge on any atom is 0.196 e. The van der Waals surface area contributed by atoms with Gasteiger partial charge in [-0.3, -0.25) is 4.79 Å². The molecule has 0 unspecified atom stereocenters. The summed E-state index contributed by atoms with van der Waals surface area (Å²) in [4.78, 5) is 16.9. The topological polar surface area (TPSA) is 37.8 Å². The normalized spacial score (nSPS) is 12.7. The Balaban J connectivity index is 1.23. The fraction of sp³-hybridized carbons (Fsp3) is 0.0541. The summed E-state index contributed by atoms with van der Waals surface area (Å²) in [6.45, 7) is 4.26. The van der Waals surface area contributed by atoms with Crippen LogP contribution in [-0.4, -0.2) is 15.3 Å². The van der Waals surface area contributed by atoms with Crippen molar-refractivity contribution in [2.24, 2.45) is 0 Å². The molecule has 190 valence electrons. The molecule has 0 aliphatic heterocycles. The highest BCUT2D eigenvalue weighted by atomic mass is 16.1. The van der Waals surface area contributed by atoms with Crippen LogP contribution in [0.1, 0.15) is 34.1 Å². The number of rotatable bonds is 3. The van der Waals surface area contributed by atoms with E-state index in [1.807, 2.05) is 24.3 Å². The highest BCUT2D eigenvalue weighted by Crippen LogP contribution is 2.42. The minimum Gasteiger partial charge on any atom is -0.354 e. The van der Waals surface area contributed by atoms with Crippen molar-refractivity contribution in [3.63, 3.8) is 0 Å². The Morgan fingerprint density at radius 2 is 1.45 bits per heavy atom. The molecule has 3 heteroatoms. The number of carbonyl (C=O) groups excluding carboxylic acids is 1. The first kappa shape index (κ1) is 22.8. The molecule has 8 rings (SSSR count). The average Bonchev–Trinajstić information content (AvgIpc) is 3.61. The lowest BCUT2D eigenvalue weighted by atomic mass is 10.00. The highest BCUT2D eigenvalue weighted by molar-refractivity contribution is 6.29. The zero-order chi connectivity index (χ0) is 27.0. The van der Waals surface area contributed by atoms with E-state index < -0.39 is 0 Å². The zero-order valence-electron chi connectivity index (χ0n) is 22.3. The Hall–Kier alpha value is -5.15. The van der Waals surface area contributed by atoms with Gasteiger partial charge < -0.3 is 9.55 Å². The van der Waals surface area contributed by atoms with Crippen molar-refractivity contribution in [3.8, 4) is 27.9 Å². The van der Waals surface area contributed by atoms with Gasteiger partial charge in [-0.2, -0.15) is 0 Å². The molecule has 0 bridgehead atoms. The van der Waals surface area contributed by atoms with Crippen LogP contribution >= 0.6 is 0 Å². The van der Waals surface area contributed by atoms with Gasteiger partial charge in [0.2, 0.25) is 0 Å². The molecule has 0 saturated carbocycles. The first-order valence-corrected chi connectivity index (χ1v) is 13.7. The molecular weight excluding hydrogens is 488 g/mol. The molecule has 1 aliphatic rings. The monoisotopic (exact) mass is 514 g/mol. The number of ketones is 1. The van der Waals surface area contributed by atoms with Crippen LogP contribution in [0.3, 0.4) is 0 Å². The summed E-state index contributed by atoms with van der Waals surface area (Å²) in [6.07, 6.45) is 4.29. The minimum absolute atomic E-state index is 0.101. The number of aromatic amines is 1. The van der Waals surface area contributed by atoms with Crippen LogP contribution in [0.2, 0.25) is 0 Å². The summed E-state index contributed by atoms with van der Waals surface area (Å²) in [6, 6.07) is 36.1. The van der Waals surface area contributed by atoms with Gasteiger partial charge in [0.1, 0.15) is 0 Å². The molecule has 0 amide bonds. The molecule has 2 aromatic heterocycles. The van der Waals surface area contributed by atoms with Crippen LogP contribution in [0.15, 0.2) is 109 Å². The van der Waals surface area contributed by atoms with Crippen molar-refractivity contribution >= 4 is 44.6 Å². The third-order valence-corrected chi connectivity index (χ3v) is 8.42. The number of hydrogen-bond acceptors (Lipinski definition) is 1. The number of allylic oxidation sites excluding steroid dienone is 1. The van der Waals surface area contributed by atoms with Gasteiger partial charge >= 0.3 is 0 Å². The Morgan fingerprint density at radius 1 is 0.700 bits per heavy atom. The molecule has 0 spiro atoms. The van der Waals surface area contributed by atoms with E-state index >= 15 is 0 Å². The minimum atomic E-state index is 0.101. The molecule has 40 heavy (non-hydrogen) atoms. The van der Waals surface area contributed by atoms with Crippen molar-refractivity contribution in [2.75, 3.05) is 0 Å². The van der Waals surface area contributed by atoms with Crippen LogP contribution in [0.4, 0.5) is 0 Å². The van der Waals surface area contributed by atoms with Crippen molar-refractivity contribution in [3.05, 3.63) is 132 Å². The van der Waals surface area contributed by atoms with Crippen LogP contribution in [0.25, 0.3) is 66.7 Å². The van der Waals surface area contributed by atoms with Crippen molar-refractivity contribution in [2.45, 2.75) is 13.8 Å². The summed E-state index contributed by atoms with van der Waals surface area (Å²) < 4.78 is 2.34. The number of benzene rings is 5. The Kier molecular flexibility index (Phi) is 4.80. The molecular formula is C37H26N2O. The molecule has 1 N–H and O–H groups in total. The number of carbonyl (C=O) groups is 1. The third kappa shape index (κ3) is 3.09. The van der Waals surface area contributed by atoms with Crippen LogP contribution in [0, 0.1) is 6.92 Å². The number of fused-ring (bicyclic) bond motifs is 8. The van der Waals surface area contributed by atoms with Gasteiger partial charge in [0, 0.05) is 38.6 Å². The lowest BCUT2D eigenvalue weighted by Gasteiger charge is -2.11. The molecule has 0 fully saturated rings. The first-order valence-electron chi connectivity index (χ1n) is 13.7. The summed E-state index contributed by atoms with van der Waals surface area (Å²) >= 11 is 0. The van der Waals surface area contributed by atoms with E-state index in [1.165, 1.54) is 22.2 Å². The van der Waals surface area contributed by atoms with E-state index in [4.69, 9.17) is 0 Å². The van der Waals surface area contributed by atoms with E-state index in [-0.39, 0.29) is 5.78 Å². The van der Waals surface area contributed by atoms with Crippen LogP contribution < -0.4 is 0 Å². The number of aromatic nitrogens is 2. The smallest absolute Gasteiger partial charge is 0.196 e. The van der Waals surface area contributed by atoms with E-state index in [1.54, 1.807) is 0 Å². The summed E-state index contributed by atoms with van der Waals surface area (Å²) in [5.41, 5.74) is 12.7. The van der Waals surface area contributed by atoms with Gasteiger partial charge in [0.25, 0.3) is 0 Å². The summed E-state index contributed by atoms with van der Waals surface area (Å²) in [5, 5.41) is 3.49. The summed E-state index contributed by atoms with van der Waals surface area (Å²) in [5.74, 6) is 0.101. The number of hydrogen-bond donors (Lipinski definition) is 1. The van der Waals surface area contributed by atoms with E-state index in [0.717, 1.165) is 60.9 Å². The second-order valence-corrected chi connectivity index (χ2v) is 10.6. The highest BCUT2D eigenvalue weighted by Gasteiger charge is 2.29. The Labute approximate surface area is 232 Å². The third-order valence-electron chi connectivity index (χ3n) is 8.42. The standard InChI is InChI=1S/C37H26N2O/c1-3-8-33-22(2)26-9-6-7-12-34(26)39(33)25-16-13-23(14-17-25)24-15-20-32-31(21-24)29-19-18-28-27-10-4-5-11-30(27)37(40)35(28)36(29)38-32/h3-21,38H,1-2H3/b8-3-. The quantitative estimate of drug-likeness (QED) is 0.250. The molecule has 1 aliphatic carbocycles. The number of H-pyrrole nitrogens is 1. The van der Waals surface area contributed by atoms with Crippen LogP contribution in [0.5, 0.6) is 0 Å². The summed E-state index contributed by atoms with van der Waals surface area (Å²) in [7, 11) is 0. The van der Waals surface area contributed by atoms with Crippen molar-refractivity contribution < 1.29 is 4.79 Å². The Morgan fingerprint density at radius 3 is 2.27 bits per heavy atom. The number of para-hydroxylation sites is 1. The van der Waals surface area contributed by atoms with Gasteiger partial charge in [0.15, 0.2) is 5.78 Å². The van der Waals surface area contributed by atoms with Gasteiger partial charge in [-0.05, 0) is 78.1 Å². The van der Waals surface area contributed by atoms with Gasteiger partial charge in [-0.25, -0.2) is 0 Å². The molecule has 0 radical (unpaired) electrons. The second-order valence-electron chi connectivity index (χ2n) is 10.6. The molecule has 5 aromatic carbocycles. The lowest BCUT2D eigenvalue weighted by molar-refractivity contribution is 0.104. The molecule has 0 saturated heterocycles. The Bertz CT molecular complexity index is 2190. The number of nitrogens with zero attached hydrogens (tertiary/aromatic N) is 1. The average molecular weight is 515 g/mol. The maximum absolute atomic E-state index is 13.3. The predicted octanol–water partition coefficient (Wildman–Crippen LogP) is 9.48. The molecule has 2 heterocycles. The van der Waals surface area contributed by atoms with Crippen molar-refractivity contribution in [1.82, 2.24) is 9.55 Å².